The number of rotatable bonds is 4. The van der Waals surface area contributed by atoms with E-state index in [4.69, 9.17) is 0 Å². The molecule has 1 fully saturated rings. The number of piperidine rings is 1. The van der Waals surface area contributed by atoms with Crippen LogP contribution in [0.2, 0.25) is 0 Å². The molecule has 0 saturated carbocycles. The van der Waals surface area contributed by atoms with E-state index in [9.17, 15) is 12.8 Å². The summed E-state index contributed by atoms with van der Waals surface area (Å²) in [5, 5.41) is 3.69. The molecule has 0 atom stereocenters. The lowest BCUT2D eigenvalue weighted by Crippen LogP contribution is -2.34. The zero-order valence-electron chi connectivity index (χ0n) is 13.7. The number of benzene rings is 1. The number of aromatic nitrogens is 1. The first-order chi connectivity index (χ1) is 11.9. The van der Waals surface area contributed by atoms with Gasteiger partial charge in [-0.15, -0.1) is 0 Å². The third kappa shape index (κ3) is 4.54. The maximum atomic E-state index is 13.8. The van der Waals surface area contributed by atoms with Gasteiger partial charge in [-0.05, 0) is 18.2 Å². The van der Waals surface area contributed by atoms with Gasteiger partial charge >= 0.3 is 10.1 Å². The Morgan fingerprint density at radius 1 is 1.16 bits per heavy atom. The van der Waals surface area contributed by atoms with Crippen LogP contribution in [0.4, 0.5) is 10.2 Å². The fourth-order valence-electron chi connectivity index (χ4n) is 2.63. The Morgan fingerprint density at radius 3 is 2.48 bits per heavy atom. The molecule has 132 valence electrons. The second kappa shape index (κ2) is 7.18. The summed E-state index contributed by atoms with van der Waals surface area (Å²) >= 11 is 0. The summed E-state index contributed by atoms with van der Waals surface area (Å²) in [6.45, 7) is 1.33. The average molecular weight is 363 g/mol. The summed E-state index contributed by atoms with van der Waals surface area (Å²) < 4.78 is 40.2. The second-order valence-electron chi connectivity index (χ2n) is 5.81. The van der Waals surface area contributed by atoms with Crippen LogP contribution in [0.25, 0.3) is 11.1 Å². The van der Waals surface area contributed by atoms with Gasteiger partial charge in [0.1, 0.15) is 11.6 Å². The molecule has 0 unspecified atom stereocenters. The molecule has 0 spiro atoms. The normalized spacial score (nSPS) is 15.1. The van der Waals surface area contributed by atoms with E-state index in [2.05, 4.69) is 19.3 Å². The SMILES string of the molecule is CS(=O)(=O)ON=C1CCN(c2ccc(-c3ccccc3F)cn2)CC1. The van der Waals surface area contributed by atoms with Crippen molar-refractivity contribution in [2.75, 3.05) is 24.2 Å². The molecule has 2 heterocycles. The van der Waals surface area contributed by atoms with E-state index < -0.39 is 10.1 Å². The summed E-state index contributed by atoms with van der Waals surface area (Å²) in [6.07, 6.45) is 3.83. The van der Waals surface area contributed by atoms with E-state index in [1.807, 2.05) is 12.1 Å². The monoisotopic (exact) mass is 363 g/mol. The lowest BCUT2D eigenvalue weighted by molar-refractivity contribution is 0.340. The van der Waals surface area contributed by atoms with Gasteiger partial charge < -0.3 is 4.90 Å². The van der Waals surface area contributed by atoms with Gasteiger partial charge in [-0.2, -0.15) is 8.42 Å². The minimum atomic E-state index is -3.57. The number of anilines is 1. The Hall–Kier alpha value is -2.48. The Bertz CT molecular complexity index is 872. The zero-order chi connectivity index (χ0) is 17.9. The van der Waals surface area contributed by atoms with Crippen LogP contribution >= 0.6 is 0 Å². The Morgan fingerprint density at radius 2 is 1.88 bits per heavy atom. The summed E-state index contributed by atoms with van der Waals surface area (Å²) in [5.41, 5.74) is 1.96. The Balaban J connectivity index is 1.66. The average Bonchev–Trinajstić information content (AvgIpc) is 2.60. The van der Waals surface area contributed by atoms with Crippen molar-refractivity contribution in [1.29, 1.82) is 0 Å². The molecular weight excluding hydrogens is 345 g/mol. The highest BCUT2D eigenvalue weighted by Gasteiger charge is 2.18. The molecule has 1 aromatic heterocycles. The van der Waals surface area contributed by atoms with Crippen LogP contribution in [-0.4, -0.2) is 38.5 Å². The second-order valence-corrected chi connectivity index (χ2v) is 7.37. The van der Waals surface area contributed by atoms with Gasteiger partial charge in [0.05, 0.1) is 12.0 Å². The maximum Gasteiger partial charge on any atom is 0.325 e. The predicted octanol–water partition coefficient (Wildman–Crippen LogP) is 2.82. The molecule has 1 aromatic carbocycles. The zero-order valence-corrected chi connectivity index (χ0v) is 14.5. The fourth-order valence-corrected chi connectivity index (χ4v) is 2.87. The van der Waals surface area contributed by atoms with Gasteiger partial charge in [-0.3, -0.25) is 4.28 Å². The fraction of sp³-hybridized carbons (Fsp3) is 0.294. The molecule has 0 bridgehead atoms. The lowest BCUT2D eigenvalue weighted by Gasteiger charge is -2.28. The molecule has 1 aliphatic rings. The lowest BCUT2D eigenvalue weighted by atomic mass is 10.1. The number of halogens is 1. The van der Waals surface area contributed by atoms with Crippen LogP contribution in [-0.2, 0) is 14.4 Å². The summed E-state index contributed by atoms with van der Waals surface area (Å²) in [7, 11) is -3.57. The van der Waals surface area contributed by atoms with Gasteiger partial charge in [0, 0.05) is 43.3 Å². The molecule has 3 rings (SSSR count). The number of hydrogen-bond acceptors (Lipinski definition) is 6. The smallest absolute Gasteiger partial charge is 0.325 e. The third-order valence-electron chi connectivity index (χ3n) is 3.90. The highest BCUT2D eigenvalue weighted by Crippen LogP contribution is 2.24. The summed E-state index contributed by atoms with van der Waals surface area (Å²) in [4.78, 5) is 6.50. The summed E-state index contributed by atoms with van der Waals surface area (Å²) in [6, 6.07) is 10.3. The minimum Gasteiger partial charge on any atom is -0.356 e. The molecule has 8 heteroatoms. The summed E-state index contributed by atoms with van der Waals surface area (Å²) in [5.74, 6) is 0.518. The quantitative estimate of drug-likeness (QED) is 0.781. The van der Waals surface area contributed by atoms with Gasteiger partial charge in [0.2, 0.25) is 0 Å². The van der Waals surface area contributed by atoms with Gasteiger partial charge in [-0.1, -0.05) is 23.4 Å². The van der Waals surface area contributed by atoms with E-state index in [1.165, 1.54) is 6.07 Å². The van der Waals surface area contributed by atoms with Crippen molar-refractivity contribution in [3.05, 3.63) is 48.4 Å². The van der Waals surface area contributed by atoms with E-state index in [0.717, 1.165) is 17.6 Å². The topological polar surface area (TPSA) is 71.9 Å². The van der Waals surface area contributed by atoms with Crippen LogP contribution < -0.4 is 4.90 Å². The molecule has 0 amide bonds. The first kappa shape index (κ1) is 17.3. The maximum absolute atomic E-state index is 13.8. The van der Waals surface area contributed by atoms with E-state index >= 15 is 0 Å². The molecule has 0 aliphatic carbocycles. The van der Waals surface area contributed by atoms with E-state index in [0.29, 0.717) is 37.2 Å². The number of nitrogens with zero attached hydrogens (tertiary/aromatic N) is 3. The van der Waals surface area contributed by atoms with Crippen LogP contribution in [0.15, 0.2) is 47.8 Å². The van der Waals surface area contributed by atoms with Crippen molar-refractivity contribution in [3.63, 3.8) is 0 Å². The van der Waals surface area contributed by atoms with Crippen molar-refractivity contribution < 1.29 is 17.1 Å². The predicted molar refractivity (Wildman–Crippen MR) is 94.4 cm³/mol. The highest BCUT2D eigenvalue weighted by molar-refractivity contribution is 7.85. The largest absolute Gasteiger partial charge is 0.356 e. The van der Waals surface area contributed by atoms with E-state index in [1.54, 1.807) is 24.4 Å². The van der Waals surface area contributed by atoms with Crippen LogP contribution in [0, 0.1) is 5.82 Å². The highest BCUT2D eigenvalue weighted by atomic mass is 32.2. The number of oxime groups is 1. The molecule has 1 aliphatic heterocycles. The van der Waals surface area contributed by atoms with Crippen LogP contribution in [0.5, 0.6) is 0 Å². The third-order valence-corrected chi connectivity index (χ3v) is 4.24. The van der Waals surface area contributed by atoms with E-state index in [-0.39, 0.29) is 5.82 Å². The van der Waals surface area contributed by atoms with Gasteiger partial charge in [0.25, 0.3) is 0 Å². The number of pyridine rings is 1. The van der Waals surface area contributed by atoms with Crippen molar-refractivity contribution in [3.8, 4) is 11.1 Å². The van der Waals surface area contributed by atoms with Crippen LogP contribution in [0.3, 0.4) is 0 Å². The Kier molecular flexibility index (Phi) is 4.98. The van der Waals surface area contributed by atoms with Crippen molar-refractivity contribution in [2.45, 2.75) is 12.8 Å². The van der Waals surface area contributed by atoms with Gasteiger partial charge in [-0.25, -0.2) is 9.37 Å². The standard InChI is InChI=1S/C17H18FN3O3S/c1-25(22,23)24-20-14-8-10-21(11-9-14)17-7-6-13(12-19-17)15-4-2-3-5-16(15)18/h2-7,12H,8-11H2,1H3. The molecular formula is C17H18FN3O3S. The van der Waals surface area contributed by atoms with Crippen LogP contribution in [0.1, 0.15) is 12.8 Å². The van der Waals surface area contributed by atoms with Crippen molar-refractivity contribution in [2.24, 2.45) is 5.16 Å². The molecule has 2 aromatic rings. The Labute approximate surface area is 146 Å². The van der Waals surface area contributed by atoms with Gasteiger partial charge in [0.15, 0.2) is 0 Å². The molecule has 0 radical (unpaired) electrons. The minimum absolute atomic E-state index is 0.276. The molecule has 1 saturated heterocycles. The van der Waals surface area contributed by atoms with Crippen molar-refractivity contribution >= 4 is 21.6 Å². The molecule has 25 heavy (non-hydrogen) atoms. The first-order valence-corrected chi connectivity index (χ1v) is 9.64. The number of hydrogen-bond donors (Lipinski definition) is 0. The first-order valence-electron chi connectivity index (χ1n) is 7.83. The molecule has 6 nitrogen and oxygen atoms in total. The molecule has 0 N–H and O–H groups in total. The van der Waals surface area contributed by atoms with Crippen molar-refractivity contribution in [1.82, 2.24) is 4.98 Å².